The second-order valence-corrected chi connectivity index (χ2v) is 9.53. The number of rotatable bonds is 6. The molecule has 0 saturated carbocycles. The number of fused-ring (bicyclic) bond motifs is 2. The molecule has 0 fully saturated rings. The number of hydrogen-bond donors (Lipinski definition) is 1. The minimum Gasteiger partial charge on any atom is -0.339 e. The van der Waals surface area contributed by atoms with Crippen LogP contribution in [0.25, 0.3) is 10.2 Å². The Labute approximate surface area is 173 Å². The van der Waals surface area contributed by atoms with Gasteiger partial charge in [0.05, 0.1) is 21.7 Å². The van der Waals surface area contributed by atoms with Crippen molar-refractivity contribution in [1.29, 1.82) is 0 Å². The Hall–Kier alpha value is -2.78. The number of nitrogens with zero attached hydrogens (tertiary/aromatic N) is 3. The van der Waals surface area contributed by atoms with Gasteiger partial charge in [0.1, 0.15) is 10.8 Å². The van der Waals surface area contributed by atoms with Crippen LogP contribution in [0.3, 0.4) is 0 Å². The molecule has 0 saturated heterocycles. The Kier molecular flexibility index (Phi) is 5.33. The molecule has 2 heterocycles. The summed E-state index contributed by atoms with van der Waals surface area (Å²) < 4.78 is 27.7. The van der Waals surface area contributed by atoms with Gasteiger partial charge in [-0.15, -0.1) is 11.3 Å². The standard InChI is InChI=1S/C20H20N4O3S2/c1-24(13-18-22-15-8-3-4-9-16(15)28-18)19(25)11-6-12-21-20-14-7-2-5-10-17(14)29(26,27)23-20/h2-5,7-10H,6,11-13H2,1H3,(H,21,23). The molecule has 1 aromatic heterocycles. The van der Waals surface area contributed by atoms with E-state index in [1.807, 2.05) is 24.3 Å². The predicted molar refractivity (Wildman–Crippen MR) is 113 cm³/mol. The number of aromatic nitrogens is 1. The molecule has 1 N–H and O–H groups in total. The van der Waals surface area contributed by atoms with Gasteiger partial charge in [0.25, 0.3) is 10.0 Å². The molecule has 0 bridgehead atoms. The lowest BCUT2D eigenvalue weighted by atomic mass is 10.2. The summed E-state index contributed by atoms with van der Waals surface area (Å²) in [5.74, 6) is 0.354. The molecule has 1 aliphatic rings. The normalized spacial score (nSPS) is 16.0. The van der Waals surface area contributed by atoms with E-state index in [1.165, 1.54) is 0 Å². The van der Waals surface area contributed by atoms with E-state index in [0.717, 1.165) is 15.2 Å². The monoisotopic (exact) mass is 428 g/mol. The van der Waals surface area contributed by atoms with Crippen LogP contribution in [0.1, 0.15) is 23.4 Å². The van der Waals surface area contributed by atoms with Crippen molar-refractivity contribution >= 4 is 43.3 Å². The summed E-state index contributed by atoms with van der Waals surface area (Å²) in [5, 5.41) is 0.902. The third-order valence-corrected chi connectivity index (χ3v) is 7.04. The van der Waals surface area contributed by atoms with Gasteiger partial charge in [0.15, 0.2) is 0 Å². The molecule has 0 aliphatic carbocycles. The molecular formula is C20H20N4O3S2. The van der Waals surface area contributed by atoms with Crippen molar-refractivity contribution in [2.45, 2.75) is 24.3 Å². The first-order chi connectivity index (χ1) is 13.9. The smallest absolute Gasteiger partial charge is 0.263 e. The lowest BCUT2D eigenvalue weighted by Crippen LogP contribution is -2.26. The summed E-state index contributed by atoms with van der Waals surface area (Å²) >= 11 is 1.59. The van der Waals surface area contributed by atoms with E-state index in [0.29, 0.717) is 37.3 Å². The van der Waals surface area contributed by atoms with Crippen LogP contribution in [-0.4, -0.2) is 43.6 Å². The lowest BCUT2D eigenvalue weighted by Gasteiger charge is -2.15. The highest BCUT2D eigenvalue weighted by Gasteiger charge is 2.29. The molecule has 3 aromatic rings. The topological polar surface area (TPSA) is 91.7 Å². The lowest BCUT2D eigenvalue weighted by molar-refractivity contribution is -0.130. The number of amides is 1. The van der Waals surface area contributed by atoms with Gasteiger partial charge < -0.3 is 4.90 Å². The first-order valence-corrected chi connectivity index (χ1v) is 11.5. The maximum Gasteiger partial charge on any atom is 0.263 e. The SMILES string of the molecule is CN(Cc1nc2ccccc2s1)C(=O)CCCN=C1NS(=O)(=O)c2ccccc21. The third kappa shape index (κ3) is 4.15. The van der Waals surface area contributed by atoms with Crippen LogP contribution in [-0.2, 0) is 21.4 Å². The average Bonchev–Trinajstić information content (AvgIpc) is 3.23. The number of nitrogens with one attached hydrogen (secondary N) is 1. The van der Waals surface area contributed by atoms with Gasteiger partial charge in [-0.25, -0.2) is 13.4 Å². The molecule has 29 heavy (non-hydrogen) atoms. The molecule has 4 rings (SSSR count). The van der Waals surface area contributed by atoms with E-state index in [1.54, 1.807) is 47.5 Å². The highest BCUT2D eigenvalue weighted by molar-refractivity contribution is 7.90. The molecule has 1 amide bonds. The largest absolute Gasteiger partial charge is 0.339 e. The van der Waals surface area contributed by atoms with Gasteiger partial charge in [0.2, 0.25) is 5.91 Å². The Morgan fingerprint density at radius 1 is 1.17 bits per heavy atom. The highest BCUT2D eigenvalue weighted by Crippen LogP contribution is 2.23. The van der Waals surface area contributed by atoms with Crippen LogP contribution in [0.5, 0.6) is 0 Å². The number of carbonyl (C=O) groups excluding carboxylic acids is 1. The fourth-order valence-corrected chi connectivity index (χ4v) is 5.41. The van der Waals surface area contributed by atoms with Crippen molar-refractivity contribution < 1.29 is 13.2 Å². The molecule has 1 aliphatic heterocycles. The summed E-state index contributed by atoms with van der Waals surface area (Å²) in [6.07, 6.45) is 0.878. The van der Waals surface area contributed by atoms with E-state index in [2.05, 4.69) is 14.7 Å². The minimum atomic E-state index is -3.53. The van der Waals surface area contributed by atoms with E-state index >= 15 is 0 Å². The Morgan fingerprint density at radius 2 is 1.93 bits per heavy atom. The number of hydrogen-bond acceptors (Lipinski definition) is 6. The Bertz CT molecular complexity index is 1170. The van der Waals surface area contributed by atoms with Crippen LogP contribution in [0.2, 0.25) is 0 Å². The van der Waals surface area contributed by atoms with Crippen molar-refractivity contribution in [1.82, 2.24) is 14.6 Å². The van der Waals surface area contributed by atoms with Gasteiger partial charge in [-0.05, 0) is 30.7 Å². The summed E-state index contributed by atoms with van der Waals surface area (Å²) in [4.78, 5) is 23.2. The summed E-state index contributed by atoms with van der Waals surface area (Å²) in [5.41, 5.74) is 1.52. The number of benzene rings is 2. The molecule has 0 radical (unpaired) electrons. The Balaban J connectivity index is 1.31. The number of sulfonamides is 1. The van der Waals surface area contributed by atoms with Gasteiger partial charge in [0, 0.05) is 25.6 Å². The van der Waals surface area contributed by atoms with Crippen LogP contribution >= 0.6 is 11.3 Å². The summed E-state index contributed by atoms with van der Waals surface area (Å²) in [6, 6.07) is 14.6. The molecule has 2 aromatic carbocycles. The van der Waals surface area contributed by atoms with Crippen LogP contribution in [0.15, 0.2) is 58.4 Å². The summed E-state index contributed by atoms with van der Waals surface area (Å²) in [6.45, 7) is 0.840. The predicted octanol–water partition coefficient (Wildman–Crippen LogP) is 2.77. The van der Waals surface area contributed by atoms with Gasteiger partial charge >= 0.3 is 0 Å². The molecule has 7 nitrogen and oxygen atoms in total. The number of amidine groups is 1. The summed E-state index contributed by atoms with van der Waals surface area (Å²) in [7, 11) is -1.76. The van der Waals surface area contributed by atoms with E-state index in [9.17, 15) is 13.2 Å². The van der Waals surface area contributed by atoms with Gasteiger partial charge in [-0.2, -0.15) is 0 Å². The maximum absolute atomic E-state index is 12.4. The van der Waals surface area contributed by atoms with Crippen LogP contribution in [0, 0.1) is 0 Å². The number of para-hydroxylation sites is 1. The number of thiazole rings is 1. The molecule has 9 heteroatoms. The molecule has 0 spiro atoms. The molecule has 0 unspecified atom stereocenters. The van der Waals surface area contributed by atoms with Crippen LogP contribution in [0.4, 0.5) is 0 Å². The second-order valence-electron chi connectivity index (χ2n) is 6.76. The van der Waals surface area contributed by atoms with E-state index in [-0.39, 0.29) is 10.8 Å². The number of aliphatic imine (C=N–C) groups is 1. The van der Waals surface area contributed by atoms with Crippen LogP contribution < -0.4 is 4.72 Å². The van der Waals surface area contributed by atoms with Crippen molar-refractivity contribution in [2.24, 2.45) is 4.99 Å². The van der Waals surface area contributed by atoms with E-state index < -0.39 is 10.0 Å². The fraction of sp³-hybridized carbons (Fsp3) is 0.250. The second kappa shape index (κ2) is 7.92. The van der Waals surface area contributed by atoms with Gasteiger partial charge in [-0.1, -0.05) is 24.3 Å². The van der Waals surface area contributed by atoms with E-state index in [4.69, 9.17) is 0 Å². The number of carbonyl (C=O) groups is 1. The quantitative estimate of drug-likeness (QED) is 0.611. The van der Waals surface area contributed by atoms with Crippen molar-refractivity contribution in [3.63, 3.8) is 0 Å². The zero-order chi connectivity index (χ0) is 20.4. The minimum absolute atomic E-state index is 0.0110. The third-order valence-electron chi connectivity index (χ3n) is 4.62. The first-order valence-electron chi connectivity index (χ1n) is 9.19. The van der Waals surface area contributed by atoms with Crippen molar-refractivity contribution in [3.05, 3.63) is 59.1 Å². The Morgan fingerprint density at radius 3 is 2.76 bits per heavy atom. The highest BCUT2D eigenvalue weighted by atomic mass is 32.2. The molecule has 150 valence electrons. The zero-order valence-corrected chi connectivity index (χ0v) is 17.5. The maximum atomic E-state index is 12.4. The van der Waals surface area contributed by atoms with Crippen molar-refractivity contribution in [3.8, 4) is 0 Å². The molecular weight excluding hydrogens is 408 g/mol. The molecule has 0 atom stereocenters. The fourth-order valence-electron chi connectivity index (χ4n) is 3.14. The average molecular weight is 429 g/mol. The zero-order valence-electron chi connectivity index (χ0n) is 15.8. The first kappa shape index (κ1) is 19.5. The van der Waals surface area contributed by atoms with Crippen molar-refractivity contribution in [2.75, 3.05) is 13.6 Å². The van der Waals surface area contributed by atoms with Gasteiger partial charge in [-0.3, -0.25) is 14.5 Å².